The molecule has 6 heteroatoms. The lowest BCUT2D eigenvalue weighted by Crippen LogP contribution is -2.37. The van der Waals surface area contributed by atoms with Crippen LogP contribution in [0.15, 0.2) is 27.4 Å². The molecule has 2 heterocycles. The van der Waals surface area contributed by atoms with Gasteiger partial charge in [-0.2, -0.15) is 0 Å². The van der Waals surface area contributed by atoms with Gasteiger partial charge in [0.2, 0.25) is 5.91 Å². The highest BCUT2D eigenvalue weighted by atomic mass is 16.4. The molecule has 1 aromatic carbocycles. The van der Waals surface area contributed by atoms with E-state index in [4.69, 9.17) is 4.42 Å². The van der Waals surface area contributed by atoms with Gasteiger partial charge in [-0.1, -0.05) is 6.07 Å². The zero-order valence-electron chi connectivity index (χ0n) is 16.7. The van der Waals surface area contributed by atoms with Crippen LogP contribution >= 0.6 is 0 Å². The van der Waals surface area contributed by atoms with Crippen LogP contribution in [-0.4, -0.2) is 67.4 Å². The lowest BCUT2D eigenvalue weighted by atomic mass is 10.0. The van der Waals surface area contributed by atoms with E-state index in [2.05, 4.69) is 22.8 Å². The first-order valence-corrected chi connectivity index (χ1v) is 9.52. The quantitative estimate of drug-likeness (QED) is 0.753. The van der Waals surface area contributed by atoms with Crippen LogP contribution in [0.5, 0.6) is 0 Å². The van der Waals surface area contributed by atoms with Crippen molar-refractivity contribution in [1.29, 1.82) is 0 Å². The molecule has 1 amide bonds. The average Bonchev–Trinajstić information content (AvgIpc) is 2.76. The van der Waals surface area contributed by atoms with Crippen LogP contribution in [0.4, 0.5) is 0 Å². The van der Waals surface area contributed by atoms with E-state index in [1.807, 2.05) is 32.0 Å². The molecule has 1 aliphatic rings. The Balaban J connectivity index is 1.79. The normalized spacial score (nSPS) is 16.3. The van der Waals surface area contributed by atoms with Gasteiger partial charge in [0, 0.05) is 57.1 Å². The molecule has 6 nitrogen and oxygen atoms in total. The molecule has 2 aromatic rings. The number of carbonyl (C=O) groups excluding carboxylic acids is 1. The first kappa shape index (κ1) is 19.6. The smallest absolute Gasteiger partial charge is 0.336 e. The molecule has 146 valence electrons. The minimum Gasteiger partial charge on any atom is -0.422 e. The van der Waals surface area contributed by atoms with Gasteiger partial charge in [0.25, 0.3) is 0 Å². The van der Waals surface area contributed by atoms with Gasteiger partial charge in [-0.25, -0.2) is 4.79 Å². The third-order valence-corrected chi connectivity index (χ3v) is 5.15. The van der Waals surface area contributed by atoms with Crippen LogP contribution in [0.1, 0.15) is 23.1 Å². The van der Waals surface area contributed by atoms with Gasteiger partial charge in [-0.15, -0.1) is 0 Å². The van der Waals surface area contributed by atoms with Crippen molar-refractivity contribution in [2.45, 2.75) is 26.8 Å². The minimum atomic E-state index is -0.317. The molecule has 1 aromatic heterocycles. The zero-order valence-corrected chi connectivity index (χ0v) is 16.7. The molecule has 0 atom stereocenters. The average molecular weight is 371 g/mol. The fourth-order valence-corrected chi connectivity index (χ4v) is 3.68. The van der Waals surface area contributed by atoms with Gasteiger partial charge >= 0.3 is 5.63 Å². The summed E-state index contributed by atoms with van der Waals surface area (Å²) >= 11 is 0. The highest BCUT2D eigenvalue weighted by molar-refractivity contribution is 5.83. The van der Waals surface area contributed by atoms with Crippen LogP contribution in [0.3, 0.4) is 0 Å². The summed E-state index contributed by atoms with van der Waals surface area (Å²) in [6.45, 7) is 8.55. The van der Waals surface area contributed by atoms with Crippen molar-refractivity contribution < 1.29 is 9.21 Å². The lowest BCUT2D eigenvalue weighted by Gasteiger charge is -2.23. The van der Waals surface area contributed by atoms with Crippen molar-refractivity contribution in [2.75, 3.05) is 46.8 Å². The van der Waals surface area contributed by atoms with E-state index in [1.165, 1.54) is 0 Å². The summed E-state index contributed by atoms with van der Waals surface area (Å²) in [6, 6.07) is 5.70. The monoisotopic (exact) mass is 371 g/mol. The summed E-state index contributed by atoms with van der Waals surface area (Å²) in [5.74, 6) is 0.212. The number of hydrogen-bond donors (Lipinski definition) is 0. The van der Waals surface area contributed by atoms with E-state index < -0.39 is 0 Å². The first-order chi connectivity index (χ1) is 12.8. The molecular formula is C21H29N3O3. The van der Waals surface area contributed by atoms with Gasteiger partial charge in [0.1, 0.15) is 5.58 Å². The third kappa shape index (κ3) is 4.76. The molecule has 1 fully saturated rings. The second-order valence-electron chi connectivity index (χ2n) is 7.76. The van der Waals surface area contributed by atoms with Gasteiger partial charge in [-0.05, 0) is 50.7 Å². The predicted octanol–water partition coefficient (Wildman–Crippen LogP) is 2.01. The zero-order chi connectivity index (χ0) is 19.6. The largest absolute Gasteiger partial charge is 0.422 e. The molecule has 0 unspecified atom stereocenters. The maximum Gasteiger partial charge on any atom is 0.336 e. The highest BCUT2D eigenvalue weighted by Gasteiger charge is 2.21. The number of rotatable bonds is 5. The topological polar surface area (TPSA) is 57.0 Å². The molecule has 0 aliphatic carbocycles. The predicted molar refractivity (Wildman–Crippen MR) is 107 cm³/mol. The molecule has 0 N–H and O–H groups in total. The van der Waals surface area contributed by atoms with E-state index in [-0.39, 0.29) is 11.5 Å². The first-order valence-electron chi connectivity index (χ1n) is 9.52. The number of likely N-dealkylation sites (N-methyl/N-ethyl adjacent to an activating group) is 1. The molecule has 0 saturated carbocycles. The molecule has 1 aliphatic heterocycles. The fourth-order valence-electron chi connectivity index (χ4n) is 3.68. The van der Waals surface area contributed by atoms with Crippen LogP contribution < -0.4 is 5.63 Å². The van der Waals surface area contributed by atoms with E-state index in [9.17, 15) is 9.59 Å². The van der Waals surface area contributed by atoms with Crippen molar-refractivity contribution in [2.24, 2.45) is 0 Å². The maximum atomic E-state index is 12.4. The summed E-state index contributed by atoms with van der Waals surface area (Å²) < 4.78 is 5.45. The molecule has 1 saturated heterocycles. The number of nitrogens with zero attached hydrogens (tertiary/aromatic N) is 3. The van der Waals surface area contributed by atoms with Crippen molar-refractivity contribution >= 4 is 16.9 Å². The van der Waals surface area contributed by atoms with Crippen molar-refractivity contribution in [3.63, 3.8) is 0 Å². The Morgan fingerprint density at radius 3 is 2.59 bits per heavy atom. The van der Waals surface area contributed by atoms with Gasteiger partial charge < -0.3 is 14.2 Å². The number of aryl methyl sites for hydroxylation is 2. The van der Waals surface area contributed by atoms with Crippen molar-refractivity contribution in [3.05, 3.63) is 45.3 Å². The van der Waals surface area contributed by atoms with E-state index >= 15 is 0 Å². The number of amides is 1. The second kappa shape index (κ2) is 8.23. The highest BCUT2D eigenvalue weighted by Crippen LogP contribution is 2.24. The third-order valence-electron chi connectivity index (χ3n) is 5.15. The molecule has 0 spiro atoms. The second-order valence-corrected chi connectivity index (χ2v) is 7.76. The standard InChI is InChI=1S/C21H29N3O3/c1-15-11-16(2)21-18(12-15)17(13-20(26)27-21)14-23-6-5-19(25)24(10-8-23)9-7-22(3)4/h11-13H,5-10,14H2,1-4H3. The Morgan fingerprint density at radius 1 is 1.07 bits per heavy atom. The van der Waals surface area contributed by atoms with Crippen LogP contribution in [0.2, 0.25) is 0 Å². The van der Waals surface area contributed by atoms with Crippen molar-refractivity contribution in [1.82, 2.24) is 14.7 Å². The Morgan fingerprint density at radius 2 is 1.85 bits per heavy atom. The Hall–Kier alpha value is -2.18. The summed E-state index contributed by atoms with van der Waals surface area (Å²) in [4.78, 5) is 30.8. The molecular weight excluding hydrogens is 342 g/mol. The van der Waals surface area contributed by atoms with Crippen LogP contribution in [-0.2, 0) is 11.3 Å². The lowest BCUT2D eigenvalue weighted by molar-refractivity contribution is -0.130. The Bertz CT molecular complexity index is 888. The Kier molecular flexibility index (Phi) is 5.97. The summed E-state index contributed by atoms with van der Waals surface area (Å²) in [5.41, 5.74) is 3.45. The van der Waals surface area contributed by atoms with Crippen molar-refractivity contribution in [3.8, 4) is 0 Å². The minimum absolute atomic E-state index is 0.212. The summed E-state index contributed by atoms with van der Waals surface area (Å²) in [7, 11) is 4.04. The SMILES string of the molecule is Cc1cc(C)c2oc(=O)cc(CN3CCC(=O)N(CCN(C)C)CC3)c2c1. The Labute approximate surface area is 160 Å². The van der Waals surface area contributed by atoms with Gasteiger partial charge in [0.15, 0.2) is 0 Å². The summed E-state index contributed by atoms with van der Waals surface area (Å²) in [5, 5.41) is 0.993. The molecule has 0 radical (unpaired) electrons. The number of carbonyl (C=O) groups is 1. The van der Waals surface area contributed by atoms with E-state index in [1.54, 1.807) is 6.07 Å². The molecule has 27 heavy (non-hydrogen) atoms. The van der Waals surface area contributed by atoms with Crippen LogP contribution in [0.25, 0.3) is 11.0 Å². The van der Waals surface area contributed by atoms with E-state index in [0.29, 0.717) is 25.1 Å². The van der Waals surface area contributed by atoms with E-state index in [0.717, 1.165) is 48.3 Å². The maximum absolute atomic E-state index is 12.4. The number of fused-ring (bicyclic) bond motifs is 1. The van der Waals surface area contributed by atoms with Gasteiger partial charge in [-0.3, -0.25) is 9.69 Å². The number of hydrogen-bond acceptors (Lipinski definition) is 5. The fraction of sp³-hybridized carbons (Fsp3) is 0.524. The van der Waals surface area contributed by atoms with Crippen LogP contribution in [0, 0.1) is 13.8 Å². The number of benzene rings is 1. The molecule has 0 bridgehead atoms. The summed E-state index contributed by atoms with van der Waals surface area (Å²) in [6.07, 6.45) is 0.519. The molecule has 3 rings (SSSR count). The van der Waals surface area contributed by atoms with Gasteiger partial charge in [0.05, 0.1) is 0 Å².